The Morgan fingerprint density at radius 2 is 2.00 bits per heavy atom. The molecular formula is C12H23NO. The second-order valence-corrected chi connectivity index (χ2v) is 5.34. The molecule has 1 N–H and O–H groups in total. The van der Waals surface area contributed by atoms with E-state index in [9.17, 15) is 4.79 Å². The summed E-state index contributed by atoms with van der Waals surface area (Å²) in [5.41, 5.74) is 0.437. The summed E-state index contributed by atoms with van der Waals surface area (Å²) in [6.07, 6.45) is 1.06. The normalized spacial score (nSPS) is 31.2. The molecule has 0 amide bonds. The molecule has 0 heterocycles. The first-order chi connectivity index (χ1) is 6.41. The van der Waals surface area contributed by atoms with Crippen molar-refractivity contribution in [2.75, 3.05) is 13.6 Å². The fourth-order valence-corrected chi connectivity index (χ4v) is 2.50. The van der Waals surface area contributed by atoms with Gasteiger partial charge in [0.15, 0.2) is 0 Å². The monoisotopic (exact) mass is 197 g/mol. The van der Waals surface area contributed by atoms with E-state index >= 15 is 0 Å². The Morgan fingerprint density at radius 3 is 2.43 bits per heavy atom. The molecule has 1 aliphatic carbocycles. The third-order valence-electron chi connectivity index (χ3n) is 4.01. The van der Waals surface area contributed by atoms with Gasteiger partial charge in [0.25, 0.3) is 0 Å². The van der Waals surface area contributed by atoms with Crippen molar-refractivity contribution >= 4 is 5.78 Å². The standard InChI is InChI=1S/C12H23NO/c1-8(9(2)14)6-10-11(7-13-5)12(10,3)4/h8,10-11,13H,6-7H2,1-5H3. The second-order valence-electron chi connectivity index (χ2n) is 5.34. The number of rotatable bonds is 5. The first kappa shape index (κ1) is 11.7. The second kappa shape index (κ2) is 4.01. The van der Waals surface area contributed by atoms with Gasteiger partial charge in [-0.1, -0.05) is 20.8 Å². The molecule has 1 fully saturated rings. The third kappa shape index (κ3) is 2.17. The van der Waals surface area contributed by atoms with Crippen LogP contribution in [0, 0.1) is 23.2 Å². The zero-order valence-corrected chi connectivity index (χ0v) is 10.1. The molecule has 82 valence electrons. The zero-order valence-electron chi connectivity index (χ0n) is 10.1. The highest BCUT2D eigenvalue weighted by Gasteiger charge is 2.56. The molecule has 3 atom stereocenters. The minimum Gasteiger partial charge on any atom is -0.319 e. The van der Waals surface area contributed by atoms with Crippen molar-refractivity contribution < 1.29 is 4.79 Å². The number of nitrogens with one attached hydrogen (secondary N) is 1. The van der Waals surface area contributed by atoms with Crippen molar-refractivity contribution in [3.8, 4) is 0 Å². The van der Waals surface area contributed by atoms with Crippen LogP contribution in [0.1, 0.15) is 34.1 Å². The average Bonchev–Trinajstić information content (AvgIpc) is 2.56. The lowest BCUT2D eigenvalue weighted by atomic mass is 9.97. The van der Waals surface area contributed by atoms with Crippen LogP contribution in [0.4, 0.5) is 0 Å². The van der Waals surface area contributed by atoms with Crippen LogP contribution in [0.3, 0.4) is 0 Å². The number of hydrogen-bond acceptors (Lipinski definition) is 2. The molecule has 0 spiro atoms. The van der Waals surface area contributed by atoms with Crippen LogP contribution >= 0.6 is 0 Å². The molecule has 2 heteroatoms. The molecule has 0 saturated heterocycles. The third-order valence-corrected chi connectivity index (χ3v) is 4.01. The highest BCUT2D eigenvalue weighted by Crippen LogP contribution is 2.60. The Morgan fingerprint density at radius 1 is 1.43 bits per heavy atom. The van der Waals surface area contributed by atoms with Gasteiger partial charge in [-0.15, -0.1) is 0 Å². The summed E-state index contributed by atoms with van der Waals surface area (Å²) < 4.78 is 0. The maximum absolute atomic E-state index is 11.2. The van der Waals surface area contributed by atoms with Gasteiger partial charge in [0.05, 0.1) is 0 Å². The number of Topliss-reactive ketones (excluding diaryl/α,β-unsaturated/α-hetero) is 1. The van der Waals surface area contributed by atoms with Gasteiger partial charge in [-0.25, -0.2) is 0 Å². The lowest BCUT2D eigenvalue weighted by Crippen LogP contribution is -2.13. The molecule has 1 saturated carbocycles. The summed E-state index contributed by atoms with van der Waals surface area (Å²) in [5.74, 6) is 2.06. The van der Waals surface area contributed by atoms with E-state index in [2.05, 4.69) is 19.2 Å². The molecule has 0 radical (unpaired) electrons. The maximum Gasteiger partial charge on any atom is 0.132 e. The van der Waals surface area contributed by atoms with Gasteiger partial charge in [-0.05, 0) is 44.2 Å². The predicted octanol–water partition coefficient (Wildman–Crippen LogP) is 2.09. The van der Waals surface area contributed by atoms with Crippen molar-refractivity contribution in [1.29, 1.82) is 0 Å². The van der Waals surface area contributed by atoms with E-state index in [1.165, 1.54) is 0 Å². The van der Waals surface area contributed by atoms with Crippen LogP contribution in [0.25, 0.3) is 0 Å². The number of carbonyl (C=O) groups excluding carboxylic acids is 1. The lowest BCUT2D eigenvalue weighted by molar-refractivity contribution is -0.120. The molecule has 0 aliphatic heterocycles. The van der Waals surface area contributed by atoms with Crippen LogP contribution in [-0.2, 0) is 4.79 Å². The van der Waals surface area contributed by atoms with E-state index in [0.29, 0.717) is 11.2 Å². The van der Waals surface area contributed by atoms with Crippen molar-refractivity contribution in [2.45, 2.75) is 34.1 Å². The summed E-state index contributed by atoms with van der Waals surface area (Å²) in [6.45, 7) is 9.46. The number of ketones is 1. The molecule has 14 heavy (non-hydrogen) atoms. The molecule has 3 unspecified atom stereocenters. The zero-order chi connectivity index (χ0) is 10.9. The van der Waals surface area contributed by atoms with Crippen LogP contribution in [0.5, 0.6) is 0 Å². The molecule has 0 aromatic carbocycles. The van der Waals surface area contributed by atoms with Gasteiger partial charge in [0.1, 0.15) is 5.78 Å². The smallest absolute Gasteiger partial charge is 0.132 e. The van der Waals surface area contributed by atoms with Gasteiger partial charge in [-0.2, -0.15) is 0 Å². The van der Waals surface area contributed by atoms with Gasteiger partial charge in [-0.3, -0.25) is 4.79 Å². The highest BCUT2D eigenvalue weighted by atomic mass is 16.1. The first-order valence-electron chi connectivity index (χ1n) is 5.56. The van der Waals surface area contributed by atoms with Crippen LogP contribution in [0.15, 0.2) is 0 Å². The van der Waals surface area contributed by atoms with Gasteiger partial charge in [0.2, 0.25) is 0 Å². The van der Waals surface area contributed by atoms with Gasteiger partial charge >= 0.3 is 0 Å². The van der Waals surface area contributed by atoms with Crippen LogP contribution in [0.2, 0.25) is 0 Å². The van der Waals surface area contributed by atoms with E-state index in [1.54, 1.807) is 6.92 Å². The van der Waals surface area contributed by atoms with Crippen LogP contribution in [-0.4, -0.2) is 19.4 Å². The van der Waals surface area contributed by atoms with Crippen molar-refractivity contribution in [1.82, 2.24) is 5.32 Å². The molecule has 1 rings (SSSR count). The van der Waals surface area contributed by atoms with E-state index < -0.39 is 0 Å². The molecule has 1 aliphatic rings. The van der Waals surface area contributed by atoms with E-state index in [-0.39, 0.29) is 5.92 Å². The molecule has 2 nitrogen and oxygen atoms in total. The predicted molar refractivity (Wildman–Crippen MR) is 59.1 cm³/mol. The van der Waals surface area contributed by atoms with Crippen molar-refractivity contribution in [3.63, 3.8) is 0 Å². The van der Waals surface area contributed by atoms with Crippen molar-refractivity contribution in [2.24, 2.45) is 23.2 Å². The van der Waals surface area contributed by atoms with Crippen LogP contribution < -0.4 is 5.32 Å². The Kier molecular flexibility index (Phi) is 3.36. The summed E-state index contributed by atoms with van der Waals surface area (Å²) in [4.78, 5) is 11.2. The summed E-state index contributed by atoms with van der Waals surface area (Å²) in [7, 11) is 2.00. The fourth-order valence-electron chi connectivity index (χ4n) is 2.50. The number of carbonyl (C=O) groups is 1. The lowest BCUT2D eigenvalue weighted by Gasteiger charge is -2.07. The fraction of sp³-hybridized carbons (Fsp3) is 0.917. The Hall–Kier alpha value is -0.370. The summed E-state index contributed by atoms with van der Waals surface area (Å²) in [6, 6.07) is 0. The van der Waals surface area contributed by atoms with E-state index in [1.807, 2.05) is 14.0 Å². The summed E-state index contributed by atoms with van der Waals surface area (Å²) >= 11 is 0. The Bertz CT molecular complexity index is 222. The van der Waals surface area contributed by atoms with Gasteiger partial charge < -0.3 is 5.32 Å². The van der Waals surface area contributed by atoms with E-state index in [4.69, 9.17) is 0 Å². The molecule has 0 aromatic rings. The van der Waals surface area contributed by atoms with Crippen molar-refractivity contribution in [3.05, 3.63) is 0 Å². The Balaban J connectivity index is 2.44. The minimum atomic E-state index is 0.237. The minimum absolute atomic E-state index is 0.237. The molecular weight excluding hydrogens is 174 g/mol. The maximum atomic E-state index is 11.2. The topological polar surface area (TPSA) is 29.1 Å². The van der Waals surface area contributed by atoms with Gasteiger partial charge in [0, 0.05) is 5.92 Å². The highest BCUT2D eigenvalue weighted by molar-refractivity contribution is 5.77. The Labute approximate surface area is 87.5 Å². The quantitative estimate of drug-likeness (QED) is 0.731. The molecule has 0 bridgehead atoms. The average molecular weight is 197 g/mol. The number of hydrogen-bond donors (Lipinski definition) is 1. The largest absolute Gasteiger partial charge is 0.319 e. The van der Waals surface area contributed by atoms with E-state index in [0.717, 1.165) is 24.8 Å². The summed E-state index contributed by atoms with van der Waals surface area (Å²) in [5, 5.41) is 3.23. The SMILES string of the molecule is CNCC1C(CC(C)C(C)=O)C1(C)C. The molecule has 0 aromatic heterocycles. The first-order valence-corrected chi connectivity index (χ1v) is 5.56.